The summed E-state index contributed by atoms with van der Waals surface area (Å²) >= 11 is 3.38. The van der Waals surface area contributed by atoms with E-state index in [1.807, 2.05) is 6.07 Å². The Labute approximate surface area is 137 Å². The molecule has 0 atom stereocenters. The first-order valence-corrected chi connectivity index (χ1v) is 8.04. The largest absolute Gasteiger partial charge is 0.370 e. The molecule has 0 spiro atoms. The van der Waals surface area contributed by atoms with Gasteiger partial charge in [0.25, 0.3) is 0 Å². The third-order valence-electron chi connectivity index (χ3n) is 3.80. The number of nitrogens with one attached hydrogen (secondary N) is 1. The van der Waals surface area contributed by atoms with Crippen LogP contribution in [0.15, 0.2) is 45.9 Å². The van der Waals surface area contributed by atoms with Crippen LogP contribution in [-0.2, 0) is 19.4 Å². The molecule has 0 fully saturated rings. The predicted octanol–water partition coefficient (Wildman–Crippen LogP) is 4.00. The summed E-state index contributed by atoms with van der Waals surface area (Å²) in [4.78, 5) is 4.27. The number of halogens is 2. The molecular formula is C17H17BrFN3. The number of aliphatic imine (C=N–C) groups is 1. The molecule has 0 amide bonds. The second kappa shape index (κ2) is 6.48. The topological polar surface area (TPSA) is 50.4 Å². The number of hydrogen-bond acceptors (Lipinski definition) is 1. The number of nitrogens with zero attached hydrogens (tertiary/aromatic N) is 1. The summed E-state index contributed by atoms with van der Waals surface area (Å²) in [7, 11) is 0. The summed E-state index contributed by atoms with van der Waals surface area (Å²) < 4.78 is 14.1. The molecule has 3 nitrogen and oxygen atoms in total. The SMILES string of the molecule is NC(=NCc1cc(F)ccc1Br)Nc1ccc2c(c1)CCC2. The summed E-state index contributed by atoms with van der Waals surface area (Å²) in [6.45, 7) is 0.322. The first-order chi connectivity index (χ1) is 10.6. The second-order valence-electron chi connectivity index (χ2n) is 5.40. The third-order valence-corrected chi connectivity index (χ3v) is 4.57. The number of fused-ring (bicyclic) bond motifs is 1. The van der Waals surface area contributed by atoms with Crippen LogP contribution >= 0.6 is 15.9 Å². The molecule has 114 valence electrons. The van der Waals surface area contributed by atoms with Crippen LogP contribution in [0, 0.1) is 5.82 Å². The van der Waals surface area contributed by atoms with E-state index in [1.54, 1.807) is 6.07 Å². The number of nitrogens with two attached hydrogens (primary N) is 1. The minimum Gasteiger partial charge on any atom is -0.370 e. The maximum absolute atomic E-state index is 13.2. The Kier molecular flexibility index (Phi) is 4.43. The molecular weight excluding hydrogens is 345 g/mol. The van der Waals surface area contributed by atoms with Gasteiger partial charge in [-0.1, -0.05) is 22.0 Å². The molecule has 5 heteroatoms. The van der Waals surface area contributed by atoms with Gasteiger partial charge in [0.15, 0.2) is 5.96 Å². The van der Waals surface area contributed by atoms with E-state index >= 15 is 0 Å². The molecule has 2 aromatic rings. The highest BCUT2D eigenvalue weighted by atomic mass is 79.9. The van der Waals surface area contributed by atoms with Gasteiger partial charge in [-0.25, -0.2) is 9.38 Å². The van der Waals surface area contributed by atoms with Gasteiger partial charge in [-0.15, -0.1) is 0 Å². The average molecular weight is 362 g/mol. The molecule has 3 rings (SSSR count). The Bertz CT molecular complexity index is 728. The fourth-order valence-electron chi connectivity index (χ4n) is 2.67. The number of rotatable bonds is 3. The third kappa shape index (κ3) is 3.47. The molecule has 0 aromatic heterocycles. The van der Waals surface area contributed by atoms with Crippen molar-refractivity contribution in [3.63, 3.8) is 0 Å². The van der Waals surface area contributed by atoms with E-state index in [2.05, 4.69) is 38.4 Å². The van der Waals surface area contributed by atoms with Gasteiger partial charge in [-0.3, -0.25) is 0 Å². The van der Waals surface area contributed by atoms with Crippen molar-refractivity contribution < 1.29 is 4.39 Å². The second-order valence-corrected chi connectivity index (χ2v) is 6.25. The van der Waals surface area contributed by atoms with Gasteiger partial charge in [0.05, 0.1) is 6.54 Å². The Morgan fingerprint density at radius 2 is 2.00 bits per heavy atom. The summed E-state index contributed by atoms with van der Waals surface area (Å²) in [5, 5.41) is 3.09. The van der Waals surface area contributed by atoms with Crippen molar-refractivity contribution in [1.82, 2.24) is 0 Å². The molecule has 3 N–H and O–H groups in total. The summed E-state index contributed by atoms with van der Waals surface area (Å²) in [6, 6.07) is 10.8. The first-order valence-electron chi connectivity index (χ1n) is 7.24. The zero-order valence-corrected chi connectivity index (χ0v) is 13.7. The van der Waals surface area contributed by atoms with Crippen LogP contribution in [0.1, 0.15) is 23.1 Å². The molecule has 0 unspecified atom stereocenters. The zero-order chi connectivity index (χ0) is 15.5. The number of benzene rings is 2. The van der Waals surface area contributed by atoms with E-state index in [4.69, 9.17) is 5.73 Å². The van der Waals surface area contributed by atoms with Crippen molar-refractivity contribution in [1.29, 1.82) is 0 Å². The Morgan fingerprint density at radius 3 is 2.86 bits per heavy atom. The van der Waals surface area contributed by atoms with Crippen molar-refractivity contribution in [2.24, 2.45) is 10.7 Å². The normalized spacial score (nSPS) is 14.0. The van der Waals surface area contributed by atoms with Crippen molar-refractivity contribution >= 4 is 27.6 Å². The molecule has 1 aliphatic carbocycles. The van der Waals surface area contributed by atoms with Gasteiger partial charge >= 0.3 is 0 Å². The fourth-order valence-corrected chi connectivity index (χ4v) is 3.04. The number of guanidine groups is 1. The molecule has 22 heavy (non-hydrogen) atoms. The van der Waals surface area contributed by atoms with Crippen LogP contribution in [0.5, 0.6) is 0 Å². The van der Waals surface area contributed by atoms with Crippen molar-refractivity contribution in [3.05, 3.63) is 63.4 Å². The lowest BCUT2D eigenvalue weighted by molar-refractivity contribution is 0.625. The Balaban J connectivity index is 1.68. The minimum atomic E-state index is -0.279. The van der Waals surface area contributed by atoms with Crippen molar-refractivity contribution in [3.8, 4) is 0 Å². The Hall–Kier alpha value is -1.88. The molecule has 0 bridgehead atoms. The van der Waals surface area contributed by atoms with E-state index in [9.17, 15) is 4.39 Å². The van der Waals surface area contributed by atoms with E-state index in [0.29, 0.717) is 12.5 Å². The van der Waals surface area contributed by atoms with Crippen LogP contribution in [0.25, 0.3) is 0 Å². The van der Waals surface area contributed by atoms with Gasteiger partial charge in [0, 0.05) is 10.2 Å². The van der Waals surface area contributed by atoms with E-state index < -0.39 is 0 Å². The minimum absolute atomic E-state index is 0.279. The van der Waals surface area contributed by atoms with Gasteiger partial charge < -0.3 is 11.1 Å². The van der Waals surface area contributed by atoms with Gasteiger partial charge in [-0.05, 0) is 66.3 Å². The monoisotopic (exact) mass is 361 g/mol. The highest BCUT2D eigenvalue weighted by Crippen LogP contribution is 2.25. The lowest BCUT2D eigenvalue weighted by atomic mass is 10.1. The zero-order valence-electron chi connectivity index (χ0n) is 12.1. The molecule has 1 aliphatic rings. The van der Waals surface area contributed by atoms with Crippen molar-refractivity contribution in [2.75, 3.05) is 5.32 Å². The first kappa shape index (κ1) is 15.0. The highest BCUT2D eigenvalue weighted by Gasteiger charge is 2.10. The van der Waals surface area contributed by atoms with Crippen LogP contribution in [0.4, 0.5) is 10.1 Å². The summed E-state index contributed by atoms with van der Waals surface area (Å²) in [5.41, 5.74) is 10.4. The Morgan fingerprint density at radius 1 is 1.18 bits per heavy atom. The van der Waals surface area contributed by atoms with Gasteiger partial charge in [0.1, 0.15) is 5.82 Å². The fraction of sp³-hybridized carbons (Fsp3) is 0.235. The highest BCUT2D eigenvalue weighted by molar-refractivity contribution is 9.10. The molecule has 0 saturated carbocycles. The smallest absolute Gasteiger partial charge is 0.193 e. The quantitative estimate of drug-likeness (QED) is 0.641. The lowest BCUT2D eigenvalue weighted by Crippen LogP contribution is -2.22. The maximum Gasteiger partial charge on any atom is 0.193 e. The number of hydrogen-bond donors (Lipinski definition) is 2. The summed E-state index contributed by atoms with van der Waals surface area (Å²) in [6.07, 6.45) is 3.50. The van der Waals surface area contributed by atoms with E-state index in [1.165, 1.54) is 29.7 Å². The van der Waals surface area contributed by atoms with Gasteiger partial charge in [-0.2, -0.15) is 0 Å². The van der Waals surface area contributed by atoms with E-state index in [-0.39, 0.29) is 5.82 Å². The molecule has 2 aromatic carbocycles. The molecule has 0 aliphatic heterocycles. The summed E-state index contributed by atoms with van der Waals surface area (Å²) in [5.74, 6) is 0.0488. The lowest BCUT2D eigenvalue weighted by Gasteiger charge is -2.08. The van der Waals surface area contributed by atoms with Crippen LogP contribution < -0.4 is 11.1 Å². The molecule has 0 saturated heterocycles. The van der Waals surface area contributed by atoms with Crippen LogP contribution in [-0.4, -0.2) is 5.96 Å². The predicted molar refractivity (Wildman–Crippen MR) is 91.5 cm³/mol. The molecule has 0 radical (unpaired) electrons. The van der Waals surface area contributed by atoms with E-state index in [0.717, 1.165) is 28.6 Å². The van der Waals surface area contributed by atoms with Gasteiger partial charge in [0.2, 0.25) is 0 Å². The van der Waals surface area contributed by atoms with Crippen LogP contribution in [0.2, 0.25) is 0 Å². The number of anilines is 1. The van der Waals surface area contributed by atoms with Crippen LogP contribution in [0.3, 0.4) is 0 Å². The van der Waals surface area contributed by atoms with Crippen molar-refractivity contribution in [2.45, 2.75) is 25.8 Å². The maximum atomic E-state index is 13.2. The average Bonchev–Trinajstić information content (AvgIpc) is 2.96. The molecule has 0 heterocycles. The number of aryl methyl sites for hydroxylation is 2. The standard InChI is InChI=1S/C17H17BrFN3/c18-16-7-5-14(19)8-13(16)10-21-17(20)22-15-6-4-11-2-1-3-12(11)9-15/h4-9H,1-3,10H2,(H3,20,21,22).